The van der Waals surface area contributed by atoms with Gasteiger partial charge in [0.2, 0.25) is 0 Å². The van der Waals surface area contributed by atoms with E-state index in [4.69, 9.17) is 4.74 Å². The predicted molar refractivity (Wildman–Crippen MR) is 111 cm³/mol. The van der Waals surface area contributed by atoms with Crippen LogP contribution in [0.3, 0.4) is 0 Å². The number of non-ortho nitro benzene ring substituents is 1. The molecule has 0 saturated heterocycles. The number of carbonyl (C=O) groups is 1. The van der Waals surface area contributed by atoms with Gasteiger partial charge in [0, 0.05) is 35.7 Å². The summed E-state index contributed by atoms with van der Waals surface area (Å²) in [7, 11) is 0. The van der Waals surface area contributed by atoms with Gasteiger partial charge in [-0.25, -0.2) is 4.79 Å². The van der Waals surface area contributed by atoms with E-state index in [9.17, 15) is 14.9 Å². The Kier molecular flexibility index (Phi) is 5.31. The van der Waals surface area contributed by atoms with Crippen LogP contribution in [0.5, 0.6) is 5.75 Å². The summed E-state index contributed by atoms with van der Waals surface area (Å²) < 4.78 is 6.54. The highest BCUT2D eigenvalue weighted by Crippen LogP contribution is 2.42. The van der Waals surface area contributed by atoms with Gasteiger partial charge in [-0.05, 0) is 23.8 Å². The van der Waals surface area contributed by atoms with Crippen LogP contribution in [-0.2, 0) is 6.42 Å². The quantitative estimate of drug-likeness (QED) is 0.426. The molecule has 28 heavy (non-hydrogen) atoms. The van der Waals surface area contributed by atoms with Crippen LogP contribution in [0.4, 0.5) is 16.2 Å². The number of nitro benzene ring substituents is 1. The largest absolute Gasteiger partial charge is 0.419 e. The van der Waals surface area contributed by atoms with E-state index in [2.05, 4.69) is 18.2 Å². The number of hydrogen-bond donors (Lipinski definition) is 0. The lowest BCUT2D eigenvalue weighted by Crippen LogP contribution is -2.37. The number of nitro groups is 1. The van der Waals surface area contributed by atoms with Crippen molar-refractivity contribution >= 4 is 40.6 Å². The van der Waals surface area contributed by atoms with Gasteiger partial charge in [-0.3, -0.25) is 15.0 Å². The summed E-state index contributed by atoms with van der Waals surface area (Å²) >= 11 is 3.45. The fraction of sp³-hybridized carbons (Fsp3) is 0.150. The zero-order valence-electron chi connectivity index (χ0n) is 14.7. The monoisotopic (exact) mass is 412 g/mol. The highest BCUT2D eigenvalue weighted by atomic mass is 32.2. The number of nitrogens with zero attached hydrogens (tertiary/aromatic N) is 2. The van der Waals surface area contributed by atoms with Crippen LogP contribution in [0.15, 0.2) is 64.9 Å². The second kappa shape index (κ2) is 8.04. The fourth-order valence-electron chi connectivity index (χ4n) is 2.92. The number of carbonyl (C=O) groups excluding carboxylic acids is 1. The number of benzene rings is 2. The van der Waals surface area contributed by atoms with Crippen molar-refractivity contribution in [3.8, 4) is 5.75 Å². The average Bonchev–Trinajstić information content (AvgIpc) is 3.11. The molecule has 1 aromatic heterocycles. The summed E-state index contributed by atoms with van der Waals surface area (Å²) in [6.07, 6.45) is 0.351. The van der Waals surface area contributed by atoms with Crippen LogP contribution in [-0.4, -0.2) is 23.3 Å². The van der Waals surface area contributed by atoms with Crippen molar-refractivity contribution in [2.75, 3.05) is 17.2 Å². The molecule has 0 fully saturated rings. The topological polar surface area (TPSA) is 72.7 Å². The number of amides is 1. The molecular weight excluding hydrogens is 396 g/mol. The lowest BCUT2D eigenvalue weighted by Gasteiger charge is -2.25. The molecule has 0 spiro atoms. The van der Waals surface area contributed by atoms with Crippen molar-refractivity contribution in [1.29, 1.82) is 0 Å². The molecule has 0 saturated carbocycles. The second-order valence-electron chi connectivity index (χ2n) is 6.17. The molecule has 4 rings (SSSR count). The first kappa shape index (κ1) is 18.5. The van der Waals surface area contributed by atoms with E-state index in [1.807, 2.05) is 18.2 Å². The van der Waals surface area contributed by atoms with Crippen molar-refractivity contribution in [2.24, 2.45) is 0 Å². The van der Waals surface area contributed by atoms with E-state index in [0.29, 0.717) is 6.54 Å². The molecule has 142 valence electrons. The molecule has 3 aromatic rings. The Hall–Kier alpha value is -2.84. The van der Waals surface area contributed by atoms with Crippen molar-refractivity contribution in [3.63, 3.8) is 0 Å². The van der Waals surface area contributed by atoms with Crippen LogP contribution >= 0.6 is 23.1 Å². The second-order valence-corrected chi connectivity index (χ2v) is 8.67. The van der Waals surface area contributed by atoms with Crippen LogP contribution in [0, 0.1) is 10.1 Å². The zero-order chi connectivity index (χ0) is 19.5. The first-order chi connectivity index (χ1) is 13.6. The van der Waals surface area contributed by atoms with Crippen molar-refractivity contribution in [2.45, 2.75) is 10.6 Å². The molecule has 0 N–H and O–H groups in total. The van der Waals surface area contributed by atoms with Crippen molar-refractivity contribution < 1.29 is 14.5 Å². The molecular formula is C20H16N2O4S2. The molecule has 0 radical (unpaired) electrons. The minimum Gasteiger partial charge on any atom is -0.410 e. The maximum absolute atomic E-state index is 12.7. The third-order valence-electron chi connectivity index (χ3n) is 4.26. The number of hydrogen-bond acceptors (Lipinski definition) is 6. The summed E-state index contributed by atoms with van der Waals surface area (Å²) in [5, 5.41) is 10.7. The lowest BCUT2D eigenvalue weighted by molar-refractivity contribution is -0.384. The molecule has 0 aliphatic carbocycles. The first-order valence-electron chi connectivity index (χ1n) is 8.63. The Morgan fingerprint density at radius 1 is 1.14 bits per heavy atom. The maximum atomic E-state index is 12.7. The molecule has 1 amide bonds. The van der Waals surface area contributed by atoms with E-state index < -0.39 is 11.0 Å². The molecule has 8 heteroatoms. The summed E-state index contributed by atoms with van der Waals surface area (Å²) in [4.78, 5) is 25.8. The van der Waals surface area contributed by atoms with Gasteiger partial charge in [0.1, 0.15) is 5.75 Å². The highest BCUT2D eigenvalue weighted by Gasteiger charge is 2.27. The average molecular weight is 412 g/mol. The first-order valence-corrected chi connectivity index (χ1v) is 10.4. The van der Waals surface area contributed by atoms with Crippen molar-refractivity contribution in [1.82, 2.24) is 0 Å². The number of ether oxygens (including phenoxy) is 1. The maximum Gasteiger partial charge on any atom is 0.419 e. The summed E-state index contributed by atoms with van der Waals surface area (Å²) in [5.74, 6) is 1.09. The molecule has 2 aromatic carbocycles. The Balaban J connectivity index is 1.50. The van der Waals surface area contributed by atoms with Gasteiger partial charge in [0.25, 0.3) is 5.69 Å². The summed E-state index contributed by atoms with van der Waals surface area (Å²) in [6.45, 7) is 0.561. The molecule has 0 unspecified atom stereocenters. The minimum atomic E-state index is -0.487. The fourth-order valence-corrected chi connectivity index (χ4v) is 5.42. The van der Waals surface area contributed by atoms with E-state index in [1.54, 1.807) is 28.0 Å². The molecule has 0 bridgehead atoms. The van der Waals surface area contributed by atoms with E-state index in [1.165, 1.54) is 34.7 Å². The van der Waals surface area contributed by atoms with Crippen LogP contribution in [0.2, 0.25) is 0 Å². The Morgan fingerprint density at radius 3 is 2.61 bits per heavy atom. The number of thiophene rings is 1. The van der Waals surface area contributed by atoms with Gasteiger partial charge in [-0.2, -0.15) is 0 Å². The lowest BCUT2D eigenvalue weighted by atomic mass is 10.1. The van der Waals surface area contributed by atoms with Crippen LogP contribution in [0.1, 0.15) is 10.4 Å². The Morgan fingerprint density at radius 2 is 1.89 bits per heavy atom. The van der Waals surface area contributed by atoms with Gasteiger partial charge < -0.3 is 4.74 Å². The number of anilines is 1. The Labute approximate surface area is 169 Å². The zero-order valence-corrected chi connectivity index (χ0v) is 16.4. The number of fused-ring (bicyclic) bond motifs is 1. The Bertz CT molecular complexity index is 1000. The standard InChI is InChI=1S/C20H16N2O4S2/c23-20(26-16-8-6-15(7-9-16)22(24)25)21-10-11-27-19-18(21)13-17(28-19)12-14-4-2-1-3-5-14/h1-9,13H,10-12H2. The summed E-state index contributed by atoms with van der Waals surface area (Å²) in [5.41, 5.74) is 2.06. The highest BCUT2D eigenvalue weighted by molar-refractivity contribution is 8.01. The van der Waals surface area contributed by atoms with Gasteiger partial charge in [0.05, 0.1) is 14.8 Å². The molecule has 2 heterocycles. The van der Waals surface area contributed by atoms with Gasteiger partial charge in [0.15, 0.2) is 0 Å². The molecule has 1 aliphatic heterocycles. The number of thioether (sulfide) groups is 1. The molecule has 6 nitrogen and oxygen atoms in total. The minimum absolute atomic E-state index is 0.0418. The van der Waals surface area contributed by atoms with Gasteiger partial charge in [-0.1, -0.05) is 30.3 Å². The normalized spacial score (nSPS) is 13.1. The van der Waals surface area contributed by atoms with E-state index >= 15 is 0 Å². The third-order valence-corrected chi connectivity index (χ3v) is 6.64. The van der Waals surface area contributed by atoms with Crippen LogP contribution in [0.25, 0.3) is 0 Å². The SMILES string of the molecule is O=C(Oc1ccc([N+](=O)[O-])cc1)N1CCSc2sc(Cc3ccccc3)cc21. The number of rotatable bonds is 4. The van der Waals surface area contributed by atoms with E-state index in [0.717, 1.165) is 22.1 Å². The summed E-state index contributed by atoms with van der Waals surface area (Å²) in [6, 6.07) is 17.8. The van der Waals surface area contributed by atoms with Gasteiger partial charge >= 0.3 is 6.09 Å². The predicted octanol–water partition coefficient (Wildman–Crippen LogP) is 5.36. The molecule has 1 aliphatic rings. The van der Waals surface area contributed by atoms with Crippen LogP contribution < -0.4 is 9.64 Å². The van der Waals surface area contributed by atoms with Crippen molar-refractivity contribution in [3.05, 3.63) is 81.2 Å². The third kappa shape index (κ3) is 4.02. The van der Waals surface area contributed by atoms with E-state index in [-0.39, 0.29) is 11.4 Å². The van der Waals surface area contributed by atoms with Gasteiger partial charge in [-0.15, -0.1) is 23.1 Å². The smallest absolute Gasteiger partial charge is 0.410 e. The molecule has 0 atom stereocenters.